The summed E-state index contributed by atoms with van der Waals surface area (Å²) in [6, 6.07) is 8.15. The monoisotopic (exact) mass is 564 g/mol. The molecule has 0 radical (unpaired) electrons. The Morgan fingerprint density at radius 2 is 1.79 bits per heavy atom. The van der Waals surface area contributed by atoms with E-state index >= 15 is 0 Å². The molecular weight excluding hydrogens is 529 g/mol. The molecule has 1 aliphatic carbocycles. The van der Waals surface area contributed by atoms with Gasteiger partial charge in [0.05, 0.1) is 17.7 Å². The Morgan fingerprint density at radius 1 is 1.08 bits per heavy atom. The molecule has 0 amide bonds. The minimum Gasteiger partial charge on any atom is -0.351 e. The third kappa shape index (κ3) is 7.57. The van der Waals surface area contributed by atoms with Crippen LogP contribution in [-0.2, 0) is 16.4 Å². The predicted molar refractivity (Wildman–Crippen MR) is 148 cm³/mol. The number of pyridine rings is 1. The van der Waals surface area contributed by atoms with Crippen LogP contribution in [0.3, 0.4) is 0 Å². The molecule has 8 nitrogen and oxygen atoms in total. The number of rotatable bonds is 9. The first-order chi connectivity index (χ1) is 18.3. The molecule has 12 heteroatoms. The second-order valence-electron chi connectivity index (χ2n) is 10.3. The summed E-state index contributed by atoms with van der Waals surface area (Å²) < 4.78 is 63.6. The molecule has 0 aliphatic heterocycles. The van der Waals surface area contributed by atoms with Gasteiger partial charge in [-0.3, -0.25) is 4.72 Å². The predicted octanol–water partition coefficient (Wildman–Crippen LogP) is 5.54. The number of aromatic nitrogens is 3. The van der Waals surface area contributed by atoms with Crippen molar-refractivity contribution in [1.82, 2.24) is 19.9 Å². The SMILES string of the molecule is CCc1cc(-c2ccc(NS(=O)(=O)CCC(F)(F)F)nc2C)cc2cnc(N[C@H]3CC[C@H](N(C)C)CC3)nc12. The van der Waals surface area contributed by atoms with Gasteiger partial charge in [0.1, 0.15) is 5.82 Å². The molecule has 39 heavy (non-hydrogen) atoms. The topological polar surface area (TPSA) is 100 Å². The molecule has 1 aromatic carbocycles. The first-order valence-corrected chi connectivity index (χ1v) is 14.8. The first-order valence-electron chi connectivity index (χ1n) is 13.1. The summed E-state index contributed by atoms with van der Waals surface area (Å²) >= 11 is 0. The lowest BCUT2D eigenvalue weighted by Crippen LogP contribution is -2.36. The molecule has 1 saturated carbocycles. The Labute approximate surface area is 227 Å². The number of halogens is 3. The van der Waals surface area contributed by atoms with Crippen LogP contribution in [0.5, 0.6) is 0 Å². The van der Waals surface area contributed by atoms with Crippen molar-refractivity contribution in [3.8, 4) is 11.1 Å². The minimum absolute atomic E-state index is 0.0198. The van der Waals surface area contributed by atoms with E-state index in [1.54, 1.807) is 13.0 Å². The van der Waals surface area contributed by atoms with Crippen molar-refractivity contribution in [2.45, 2.75) is 70.6 Å². The van der Waals surface area contributed by atoms with E-state index < -0.39 is 28.4 Å². The zero-order valence-corrected chi connectivity index (χ0v) is 23.5. The van der Waals surface area contributed by atoms with E-state index in [2.05, 4.69) is 45.9 Å². The van der Waals surface area contributed by atoms with Crippen molar-refractivity contribution in [2.24, 2.45) is 0 Å². The molecular formula is C27H35F3N6O2S. The van der Waals surface area contributed by atoms with Gasteiger partial charge in [0, 0.05) is 34.9 Å². The summed E-state index contributed by atoms with van der Waals surface area (Å²) in [5.74, 6) is -0.454. The van der Waals surface area contributed by atoms with Crippen LogP contribution in [0.2, 0.25) is 0 Å². The second kappa shape index (κ2) is 11.6. The molecule has 4 rings (SSSR count). The van der Waals surface area contributed by atoms with Crippen molar-refractivity contribution in [2.75, 3.05) is 29.9 Å². The number of nitrogens with one attached hydrogen (secondary N) is 2. The van der Waals surface area contributed by atoms with Crippen molar-refractivity contribution in [3.63, 3.8) is 0 Å². The Morgan fingerprint density at radius 3 is 2.41 bits per heavy atom. The number of fused-ring (bicyclic) bond motifs is 1. The van der Waals surface area contributed by atoms with Crippen LogP contribution in [0.15, 0.2) is 30.5 Å². The maximum atomic E-state index is 12.4. The van der Waals surface area contributed by atoms with Gasteiger partial charge in [-0.25, -0.2) is 23.4 Å². The number of nitrogens with zero attached hydrogens (tertiary/aromatic N) is 4. The van der Waals surface area contributed by atoms with E-state index in [4.69, 9.17) is 4.98 Å². The third-order valence-electron chi connectivity index (χ3n) is 7.21. The van der Waals surface area contributed by atoms with Crippen LogP contribution < -0.4 is 10.0 Å². The first kappa shape index (κ1) is 29.0. The van der Waals surface area contributed by atoms with Gasteiger partial charge in [-0.1, -0.05) is 6.92 Å². The van der Waals surface area contributed by atoms with Gasteiger partial charge in [-0.05, 0) is 88.5 Å². The Hall–Kier alpha value is -2.99. The fourth-order valence-corrected chi connectivity index (χ4v) is 6.05. The standard InChI is InChI=1S/C27H35F3N6O2S/c1-5-18-14-19(23-10-11-24(32-17(23)2)35-39(37,38)13-12-27(28,29)30)15-20-16-31-26(34-25(18)20)33-21-6-8-22(9-7-21)36(3)4/h10-11,14-16,21-22H,5-9,12-13H2,1-4H3,(H,32,35)(H,31,33,34)/t21-,22-. The lowest BCUT2D eigenvalue weighted by molar-refractivity contribution is -0.129. The van der Waals surface area contributed by atoms with E-state index in [-0.39, 0.29) is 5.82 Å². The van der Waals surface area contributed by atoms with Crippen LogP contribution in [0, 0.1) is 6.92 Å². The highest BCUT2D eigenvalue weighted by Gasteiger charge is 2.30. The Bertz CT molecular complexity index is 1420. The quantitative estimate of drug-likeness (QED) is 0.352. The average Bonchev–Trinajstić information content (AvgIpc) is 2.87. The number of aryl methyl sites for hydroxylation is 2. The van der Waals surface area contributed by atoms with Gasteiger partial charge >= 0.3 is 6.18 Å². The number of benzene rings is 1. The highest BCUT2D eigenvalue weighted by atomic mass is 32.2. The highest BCUT2D eigenvalue weighted by Crippen LogP contribution is 2.31. The maximum absolute atomic E-state index is 12.4. The number of alkyl halides is 3. The number of hydrogen-bond donors (Lipinski definition) is 2. The molecule has 2 heterocycles. The van der Waals surface area contributed by atoms with Gasteiger partial charge in [0.15, 0.2) is 0 Å². The largest absolute Gasteiger partial charge is 0.390 e. The Balaban J connectivity index is 1.52. The van der Waals surface area contributed by atoms with Crippen molar-refractivity contribution < 1.29 is 21.6 Å². The molecule has 0 atom stereocenters. The van der Waals surface area contributed by atoms with Crippen LogP contribution in [0.1, 0.15) is 50.3 Å². The summed E-state index contributed by atoms with van der Waals surface area (Å²) in [4.78, 5) is 16.0. The lowest BCUT2D eigenvalue weighted by atomic mass is 9.90. The summed E-state index contributed by atoms with van der Waals surface area (Å²) in [7, 11) is 0.0727. The summed E-state index contributed by atoms with van der Waals surface area (Å²) in [6.07, 6.45) is 1.01. The summed E-state index contributed by atoms with van der Waals surface area (Å²) in [5, 5.41) is 4.39. The molecule has 1 aliphatic rings. The van der Waals surface area contributed by atoms with Crippen LogP contribution >= 0.6 is 0 Å². The van der Waals surface area contributed by atoms with Gasteiger partial charge < -0.3 is 10.2 Å². The van der Waals surface area contributed by atoms with E-state index in [1.807, 2.05) is 18.3 Å². The average molecular weight is 565 g/mol. The molecule has 0 bridgehead atoms. The van der Waals surface area contributed by atoms with Gasteiger partial charge in [-0.15, -0.1) is 0 Å². The Kier molecular flexibility index (Phi) is 8.65. The molecule has 2 aromatic heterocycles. The molecule has 0 spiro atoms. The van der Waals surface area contributed by atoms with Gasteiger partial charge in [0.25, 0.3) is 0 Å². The molecule has 212 valence electrons. The zero-order valence-electron chi connectivity index (χ0n) is 22.6. The van der Waals surface area contributed by atoms with Gasteiger partial charge in [-0.2, -0.15) is 13.2 Å². The molecule has 0 saturated heterocycles. The minimum atomic E-state index is -4.55. The van der Waals surface area contributed by atoms with E-state index in [1.165, 1.54) is 6.07 Å². The van der Waals surface area contributed by atoms with Crippen LogP contribution in [0.25, 0.3) is 22.0 Å². The van der Waals surface area contributed by atoms with Crippen LogP contribution in [-0.4, -0.2) is 66.4 Å². The molecule has 0 unspecified atom stereocenters. The fraction of sp³-hybridized carbons (Fsp3) is 0.519. The molecule has 3 aromatic rings. The van der Waals surface area contributed by atoms with E-state index in [9.17, 15) is 21.6 Å². The normalized spacial score (nSPS) is 18.5. The second-order valence-corrected chi connectivity index (χ2v) is 12.2. The zero-order chi connectivity index (χ0) is 28.4. The number of anilines is 2. The van der Waals surface area contributed by atoms with Crippen molar-refractivity contribution in [3.05, 3.63) is 41.7 Å². The highest BCUT2D eigenvalue weighted by molar-refractivity contribution is 7.92. The van der Waals surface area contributed by atoms with Crippen molar-refractivity contribution >= 4 is 32.7 Å². The van der Waals surface area contributed by atoms with E-state index in [0.717, 1.165) is 59.7 Å². The summed E-state index contributed by atoms with van der Waals surface area (Å²) in [6.45, 7) is 3.79. The lowest BCUT2D eigenvalue weighted by Gasteiger charge is -2.33. The number of hydrogen-bond acceptors (Lipinski definition) is 7. The maximum Gasteiger partial charge on any atom is 0.390 e. The van der Waals surface area contributed by atoms with Crippen LogP contribution in [0.4, 0.5) is 24.9 Å². The van der Waals surface area contributed by atoms with Gasteiger partial charge in [0.2, 0.25) is 16.0 Å². The third-order valence-corrected chi connectivity index (χ3v) is 8.48. The fourth-order valence-electron chi connectivity index (χ4n) is 5.02. The van der Waals surface area contributed by atoms with E-state index in [0.29, 0.717) is 23.7 Å². The summed E-state index contributed by atoms with van der Waals surface area (Å²) in [5.41, 5.74) is 4.12. The molecule has 1 fully saturated rings. The smallest absolute Gasteiger partial charge is 0.351 e. The number of sulfonamides is 1. The van der Waals surface area contributed by atoms with Crippen molar-refractivity contribution in [1.29, 1.82) is 0 Å². The molecule has 2 N–H and O–H groups in total.